The third kappa shape index (κ3) is 7.16. The molecule has 0 atom stereocenters. The predicted molar refractivity (Wildman–Crippen MR) is 74.0 cm³/mol. The number of carbonyl (C=O) groups excluding carboxylic acids is 1. The number of rotatable bonds is 9. The molecule has 20 heavy (non-hydrogen) atoms. The SMILES string of the molecule is C=COCC1CCC(COC(=O)CCCC(=O)O)CC1. The third-order valence-corrected chi connectivity index (χ3v) is 3.67. The van der Waals surface area contributed by atoms with E-state index in [4.69, 9.17) is 14.6 Å². The molecule has 1 aliphatic rings. The number of aliphatic carboxylic acids is 1. The summed E-state index contributed by atoms with van der Waals surface area (Å²) in [5.74, 6) is -0.157. The first-order chi connectivity index (χ1) is 9.61. The van der Waals surface area contributed by atoms with Gasteiger partial charge in [0.1, 0.15) is 0 Å². The van der Waals surface area contributed by atoms with Gasteiger partial charge in [0, 0.05) is 12.8 Å². The van der Waals surface area contributed by atoms with Crippen LogP contribution in [-0.4, -0.2) is 30.3 Å². The number of hydrogen-bond acceptors (Lipinski definition) is 4. The van der Waals surface area contributed by atoms with Crippen LogP contribution in [-0.2, 0) is 19.1 Å². The lowest BCUT2D eigenvalue weighted by molar-refractivity contribution is -0.145. The van der Waals surface area contributed by atoms with E-state index in [0.717, 1.165) is 32.3 Å². The summed E-state index contributed by atoms with van der Waals surface area (Å²) in [5, 5.41) is 8.48. The first kappa shape index (κ1) is 16.5. The Balaban J connectivity index is 2.07. The van der Waals surface area contributed by atoms with E-state index in [0.29, 0.717) is 24.9 Å². The summed E-state index contributed by atoms with van der Waals surface area (Å²) in [4.78, 5) is 21.7. The molecule has 1 fully saturated rings. The summed E-state index contributed by atoms with van der Waals surface area (Å²) >= 11 is 0. The molecule has 1 aliphatic carbocycles. The van der Waals surface area contributed by atoms with E-state index in [2.05, 4.69) is 6.58 Å². The highest BCUT2D eigenvalue weighted by molar-refractivity contribution is 5.71. The second-order valence-electron chi connectivity index (χ2n) is 5.32. The highest BCUT2D eigenvalue weighted by Gasteiger charge is 2.22. The van der Waals surface area contributed by atoms with E-state index in [1.807, 2.05) is 0 Å². The van der Waals surface area contributed by atoms with Crippen molar-refractivity contribution in [3.63, 3.8) is 0 Å². The second kappa shape index (κ2) is 9.39. The van der Waals surface area contributed by atoms with Gasteiger partial charge in [0.15, 0.2) is 0 Å². The summed E-state index contributed by atoms with van der Waals surface area (Å²) in [6.45, 7) is 4.71. The van der Waals surface area contributed by atoms with Crippen molar-refractivity contribution in [2.24, 2.45) is 11.8 Å². The number of esters is 1. The van der Waals surface area contributed by atoms with E-state index in [1.54, 1.807) is 0 Å². The van der Waals surface area contributed by atoms with Crippen LogP contribution in [0.1, 0.15) is 44.9 Å². The van der Waals surface area contributed by atoms with Gasteiger partial charge in [-0.1, -0.05) is 6.58 Å². The summed E-state index contributed by atoms with van der Waals surface area (Å²) in [7, 11) is 0. The molecular formula is C15H24O5. The van der Waals surface area contributed by atoms with Crippen molar-refractivity contribution in [2.75, 3.05) is 13.2 Å². The monoisotopic (exact) mass is 284 g/mol. The maximum atomic E-state index is 11.4. The summed E-state index contributed by atoms with van der Waals surface area (Å²) < 4.78 is 10.4. The van der Waals surface area contributed by atoms with Gasteiger partial charge in [0.25, 0.3) is 0 Å². The van der Waals surface area contributed by atoms with Gasteiger partial charge >= 0.3 is 11.9 Å². The molecule has 0 radical (unpaired) electrons. The van der Waals surface area contributed by atoms with E-state index in [1.165, 1.54) is 6.26 Å². The minimum atomic E-state index is -0.877. The van der Waals surface area contributed by atoms with Crippen LogP contribution in [0.15, 0.2) is 12.8 Å². The number of hydrogen-bond donors (Lipinski definition) is 1. The largest absolute Gasteiger partial charge is 0.502 e. The van der Waals surface area contributed by atoms with Gasteiger partial charge < -0.3 is 14.6 Å². The van der Waals surface area contributed by atoms with E-state index >= 15 is 0 Å². The number of ether oxygens (including phenoxy) is 2. The Morgan fingerprint density at radius 1 is 1.10 bits per heavy atom. The zero-order chi connectivity index (χ0) is 14.8. The molecule has 1 N–H and O–H groups in total. The minimum Gasteiger partial charge on any atom is -0.502 e. The Kier molecular flexibility index (Phi) is 7.77. The van der Waals surface area contributed by atoms with Crippen LogP contribution in [0.4, 0.5) is 0 Å². The molecule has 1 rings (SSSR count). The van der Waals surface area contributed by atoms with Crippen molar-refractivity contribution in [3.8, 4) is 0 Å². The Hall–Kier alpha value is -1.52. The van der Waals surface area contributed by atoms with Crippen molar-refractivity contribution in [3.05, 3.63) is 12.8 Å². The molecule has 0 aromatic heterocycles. The van der Waals surface area contributed by atoms with Crippen LogP contribution < -0.4 is 0 Å². The van der Waals surface area contributed by atoms with Crippen molar-refractivity contribution in [2.45, 2.75) is 44.9 Å². The summed E-state index contributed by atoms with van der Waals surface area (Å²) in [5.41, 5.74) is 0. The topological polar surface area (TPSA) is 72.8 Å². The molecule has 0 aromatic rings. The molecular weight excluding hydrogens is 260 g/mol. The standard InChI is InChI=1S/C15H24O5/c1-2-19-10-12-6-8-13(9-7-12)11-20-15(18)5-3-4-14(16)17/h2,12-13H,1,3-11H2,(H,16,17). The normalized spacial score (nSPS) is 22.0. The lowest BCUT2D eigenvalue weighted by Crippen LogP contribution is -2.22. The molecule has 0 spiro atoms. The van der Waals surface area contributed by atoms with Gasteiger partial charge in [-0.05, 0) is 43.9 Å². The van der Waals surface area contributed by atoms with E-state index < -0.39 is 5.97 Å². The Bertz CT molecular complexity index is 318. The highest BCUT2D eigenvalue weighted by atomic mass is 16.5. The average molecular weight is 284 g/mol. The molecule has 0 unspecified atom stereocenters. The van der Waals surface area contributed by atoms with Crippen LogP contribution in [0.25, 0.3) is 0 Å². The van der Waals surface area contributed by atoms with Crippen LogP contribution in [0.5, 0.6) is 0 Å². The molecule has 0 bridgehead atoms. The van der Waals surface area contributed by atoms with Gasteiger partial charge in [0.05, 0.1) is 19.5 Å². The van der Waals surface area contributed by atoms with Crippen LogP contribution in [0, 0.1) is 11.8 Å². The van der Waals surface area contributed by atoms with E-state index in [-0.39, 0.29) is 18.8 Å². The second-order valence-corrected chi connectivity index (χ2v) is 5.32. The molecule has 0 aliphatic heterocycles. The van der Waals surface area contributed by atoms with Crippen molar-refractivity contribution >= 4 is 11.9 Å². The number of carboxylic acids is 1. The number of carboxylic acid groups (broad SMARTS) is 1. The van der Waals surface area contributed by atoms with Gasteiger partial charge in [-0.15, -0.1) is 0 Å². The molecule has 0 saturated heterocycles. The average Bonchev–Trinajstić information content (AvgIpc) is 2.43. The Labute approximate surface area is 119 Å². The van der Waals surface area contributed by atoms with Gasteiger partial charge in [0.2, 0.25) is 0 Å². The van der Waals surface area contributed by atoms with Crippen LogP contribution in [0.3, 0.4) is 0 Å². The van der Waals surface area contributed by atoms with Crippen molar-refractivity contribution < 1.29 is 24.2 Å². The van der Waals surface area contributed by atoms with Crippen LogP contribution >= 0.6 is 0 Å². The van der Waals surface area contributed by atoms with Gasteiger partial charge in [-0.3, -0.25) is 9.59 Å². The molecule has 5 nitrogen and oxygen atoms in total. The lowest BCUT2D eigenvalue weighted by Gasteiger charge is -2.27. The fourth-order valence-corrected chi connectivity index (χ4v) is 2.44. The first-order valence-corrected chi connectivity index (χ1v) is 7.21. The fraction of sp³-hybridized carbons (Fsp3) is 0.733. The quantitative estimate of drug-likeness (QED) is 0.520. The summed E-state index contributed by atoms with van der Waals surface area (Å²) in [6.07, 6.45) is 6.31. The first-order valence-electron chi connectivity index (χ1n) is 7.21. The zero-order valence-corrected chi connectivity index (χ0v) is 11.9. The van der Waals surface area contributed by atoms with Crippen LogP contribution in [0.2, 0.25) is 0 Å². The zero-order valence-electron chi connectivity index (χ0n) is 11.9. The van der Waals surface area contributed by atoms with Crippen molar-refractivity contribution in [1.82, 2.24) is 0 Å². The lowest BCUT2D eigenvalue weighted by atomic mass is 9.83. The van der Waals surface area contributed by atoms with E-state index in [9.17, 15) is 9.59 Å². The fourth-order valence-electron chi connectivity index (χ4n) is 2.44. The maximum absolute atomic E-state index is 11.4. The molecule has 1 saturated carbocycles. The number of carbonyl (C=O) groups is 2. The smallest absolute Gasteiger partial charge is 0.305 e. The molecule has 0 amide bonds. The summed E-state index contributed by atoms with van der Waals surface area (Å²) in [6, 6.07) is 0. The molecule has 0 aromatic carbocycles. The van der Waals surface area contributed by atoms with Gasteiger partial charge in [-0.2, -0.15) is 0 Å². The molecule has 5 heteroatoms. The Morgan fingerprint density at radius 2 is 1.70 bits per heavy atom. The Morgan fingerprint density at radius 3 is 2.25 bits per heavy atom. The maximum Gasteiger partial charge on any atom is 0.305 e. The van der Waals surface area contributed by atoms with Crippen molar-refractivity contribution in [1.29, 1.82) is 0 Å². The highest BCUT2D eigenvalue weighted by Crippen LogP contribution is 2.29. The van der Waals surface area contributed by atoms with Gasteiger partial charge in [-0.25, -0.2) is 0 Å². The third-order valence-electron chi connectivity index (χ3n) is 3.67. The predicted octanol–water partition coefficient (Wildman–Crippen LogP) is 2.75. The minimum absolute atomic E-state index is 0.0174. The molecule has 114 valence electrons. The molecule has 0 heterocycles.